The van der Waals surface area contributed by atoms with Crippen LogP contribution in [0.2, 0.25) is 0 Å². The van der Waals surface area contributed by atoms with Crippen molar-refractivity contribution in [3.8, 4) is 0 Å². The summed E-state index contributed by atoms with van der Waals surface area (Å²) < 4.78 is 1.75. The molecular formula is C15H20N2O. The average molecular weight is 244 g/mol. The SMILES string of the molecule is CC.Cn1c(=O)c2c(c3ccccc31)NCCC2. The van der Waals surface area contributed by atoms with Crippen LogP contribution in [0.25, 0.3) is 10.9 Å². The van der Waals surface area contributed by atoms with Gasteiger partial charge in [0.15, 0.2) is 0 Å². The summed E-state index contributed by atoms with van der Waals surface area (Å²) in [5.74, 6) is 0. The van der Waals surface area contributed by atoms with E-state index >= 15 is 0 Å². The summed E-state index contributed by atoms with van der Waals surface area (Å²) >= 11 is 0. The fourth-order valence-corrected chi connectivity index (χ4v) is 2.47. The molecule has 0 radical (unpaired) electrons. The second-order valence-corrected chi connectivity index (χ2v) is 4.27. The first-order valence-corrected chi connectivity index (χ1v) is 6.63. The van der Waals surface area contributed by atoms with Gasteiger partial charge in [0, 0.05) is 24.5 Å². The summed E-state index contributed by atoms with van der Waals surface area (Å²) in [5, 5.41) is 4.51. The van der Waals surface area contributed by atoms with Gasteiger partial charge in [0.05, 0.1) is 11.2 Å². The van der Waals surface area contributed by atoms with Gasteiger partial charge in [0.2, 0.25) is 0 Å². The molecule has 3 rings (SSSR count). The van der Waals surface area contributed by atoms with Gasteiger partial charge in [-0.2, -0.15) is 0 Å². The largest absolute Gasteiger partial charge is 0.384 e. The van der Waals surface area contributed by atoms with Gasteiger partial charge in [-0.1, -0.05) is 32.0 Å². The smallest absolute Gasteiger partial charge is 0.256 e. The lowest BCUT2D eigenvalue weighted by Gasteiger charge is -2.20. The van der Waals surface area contributed by atoms with Gasteiger partial charge < -0.3 is 9.88 Å². The zero-order valence-corrected chi connectivity index (χ0v) is 11.3. The summed E-state index contributed by atoms with van der Waals surface area (Å²) in [6.07, 6.45) is 1.93. The van der Waals surface area contributed by atoms with Crippen molar-refractivity contribution in [1.82, 2.24) is 4.57 Å². The van der Waals surface area contributed by atoms with E-state index in [0.717, 1.165) is 41.5 Å². The van der Waals surface area contributed by atoms with Crippen LogP contribution in [0.4, 0.5) is 5.69 Å². The van der Waals surface area contributed by atoms with Gasteiger partial charge in [-0.25, -0.2) is 0 Å². The van der Waals surface area contributed by atoms with Crippen LogP contribution in [0.5, 0.6) is 0 Å². The van der Waals surface area contributed by atoms with Gasteiger partial charge in [0.25, 0.3) is 5.56 Å². The van der Waals surface area contributed by atoms with E-state index in [9.17, 15) is 4.79 Å². The third-order valence-electron chi connectivity index (χ3n) is 3.30. The van der Waals surface area contributed by atoms with Crippen molar-refractivity contribution in [1.29, 1.82) is 0 Å². The highest BCUT2D eigenvalue weighted by atomic mass is 16.1. The average Bonchev–Trinajstić information content (AvgIpc) is 2.47. The molecule has 1 aromatic heterocycles. The first-order chi connectivity index (χ1) is 8.79. The van der Waals surface area contributed by atoms with E-state index in [1.54, 1.807) is 4.57 Å². The molecule has 1 N–H and O–H groups in total. The maximum Gasteiger partial charge on any atom is 0.256 e. The van der Waals surface area contributed by atoms with Gasteiger partial charge in [-0.05, 0) is 18.9 Å². The van der Waals surface area contributed by atoms with Crippen LogP contribution in [0.1, 0.15) is 25.8 Å². The number of hydrogen-bond acceptors (Lipinski definition) is 2. The van der Waals surface area contributed by atoms with E-state index in [1.807, 2.05) is 39.1 Å². The number of para-hydroxylation sites is 1. The zero-order valence-electron chi connectivity index (χ0n) is 11.3. The minimum Gasteiger partial charge on any atom is -0.384 e. The maximum absolute atomic E-state index is 12.2. The first-order valence-electron chi connectivity index (χ1n) is 6.63. The predicted molar refractivity (Wildman–Crippen MR) is 77.3 cm³/mol. The van der Waals surface area contributed by atoms with Crippen LogP contribution in [0, 0.1) is 0 Å². The van der Waals surface area contributed by atoms with E-state index in [2.05, 4.69) is 11.4 Å². The topological polar surface area (TPSA) is 34.0 Å². The molecule has 0 fully saturated rings. The monoisotopic (exact) mass is 244 g/mol. The van der Waals surface area contributed by atoms with Crippen molar-refractivity contribution in [2.45, 2.75) is 26.7 Å². The zero-order chi connectivity index (χ0) is 13.1. The molecule has 1 aliphatic heterocycles. The number of pyridine rings is 1. The highest BCUT2D eigenvalue weighted by Gasteiger charge is 2.17. The predicted octanol–water partition coefficient (Wildman–Crippen LogP) is 2.92. The molecule has 0 aliphatic carbocycles. The number of benzene rings is 1. The fourth-order valence-electron chi connectivity index (χ4n) is 2.47. The number of aromatic nitrogens is 1. The second kappa shape index (κ2) is 5.25. The number of fused-ring (bicyclic) bond motifs is 3. The van der Waals surface area contributed by atoms with Crippen molar-refractivity contribution >= 4 is 16.6 Å². The Morgan fingerprint density at radius 2 is 1.94 bits per heavy atom. The molecule has 0 spiro atoms. The standard InChI is InChI=1S/C13H14N2O.C2H6/c1-15-11-7-3-2-5-9(11)12-10(13(15)16)6-4-8-14-12;1-2/h2-3,5,7,14H,4,6,8H2,1H3;1-2H3. The minimum atomic E-state index is 0.140. The van der Waals surface area contributed by atoms with Crippen molar-refractivity contribution < 1.29 is 0 Å². The van der Waals surface area contributed by atoms with Gasteiger partial charge in [-0.3, -0.25) is 4.79 Å². The summed E-state index contributed by atoms with van der Waals surface area (Å²) in [4.78, 5) is 12.2. The van der Waals surface area contributed by atoms with Crippen molar-refractivity contribution in [3.05, 3.63) is 40.2 Å². The van der Waals surface area contributed by atoms with Gasteiger partial charge in [-0.15, -0.1) is 0 Å². The quantitative estimate of drug-likeness (QED) is 0.773. The number of hydrogen-bond donors (Lipinski definition) is 1. The molecule has 2 aromatic rings. The van der Waals surface area contributed by atoms with Crippen LogP contribution >= 0.6 is 0 Å². The minimum absolute atomic E-state index is 0.140. The lowest BCUT2D eigenvalue weighted by molar-refractivity contribution is 0.790. The number of rotatable bonds is 0. The van der Waals surface area contributed by atoms with E-state index < -0.39 is 0 Å². The van der Waals surface area contributed by atoms with E-state index in [-0.39, 0.29) is 5.56 Å². The Morgan fingerprint density at radius 3 is 2.72 bits per heavy atom. The summed E-state index contributed by atoms with van der Waals surface area (Å²) in [6.45, 7) is 4.96. The molecule has 2 heterocycles. The highest BCUT2D eigenvalue weighted by molar-refractivity contribution is 5.93. The normalized spacial score (nSPS) is 13.3. The van der Waals surface area contributed by atoms with E-state index in [1.165, 1.54) is 0 Å². The van der Waals surface area contributed by atoms with E-state index in [4.69, 9.17) is 0 Å². The van der Waals surface area contributed by atoms with Crippen molar-refractivity contribution in [3.63, 3.8) is 0 Å². The van der Waals surface area contributed by atoms with Crippen LogP contribution in [0.3, 0.4) is 0 Å². The Kier molecular flexibility index (Phi) is 3.70. The van der Waals surface area contributed by atoms with Gasteiger partial charge >= 0.3 is 0 Å². The number of nitrogens with one attached hydrogen (secondary N) is 1. The molecule has 0 saturated heterocycles. The number of aryl methyl sites for hydroxylation is 1. The molecule has 0 saturated carbocycles. The molecule has 0 atom stereocenters. The highest BCUT2D eigenvalue weighted by Crippen LogP contribution is 2.27. The van der Waals surface area contributed by atoms with Gasteiger partial charge in [0.1, 0.15) is 0 Å². The molecule has 1 aromatic carbocycles. The van der Waals surface area contributed by atoms with Crippen LogP contribution in [-0.4, -0.2) is 11.1 Å². The molecule has 0 bridgehead atoms. The number of anilines is 1. The Labute approximate surface area is 107 Å². The molecule has 0 amide bonds. The van der Waals surface area contributed by atoms with E-state index in [0.29, 0.717) is 0 Å². The lowest BCUT2D eigenvalue weighted by atomic mass is 10.0. The van der Waals surface area contributed by atoms with Crippen LogP contribution in [0.15, 0.2) is 29.1 Å². The van der Waals surface area contributed by atoms with Crippen molar-refractivity contribution in [2.24, 2.45) is 7.05 Å². The third-order valence-corrected chi connectivity index (χ3v) is 3.30. The Hall–Kier alpha value is -1.77. The molecule has 3 heteroatoms. The molecule has 0 unspecified atom stereocenters. The maximum atomic E-state index is 12.2. The number of nitrogens with zero attached hydrogens (tertiary/aromatic N) is 1. The summed E-state index contributed by atoms with van der Waals surface area (Å²) in [5.41, 5.74) is 3.12. The molecular weight excluding hydrogens is 224 g/mol. The van der Waals surface area contributed by atoms with Crippen molar-refractivity contribution in [2.75, 3.05) is 11.9 Å². The molecule has 96 valence electrons. The third kappa shape index (κ3) is 1.90. The molecule has 18 heavy (non-hydrogen) atoms. The Balaban J connectivity index is 0.000000574. The van der Waals surface area contributed by atoms with Crippen LogP contribution in [-0.2, 0) is 13.5 Å². The van der Waals surface area contributed by atoms with Crippen LogP contribution < -0.4 is 10.9 Å². The summed E-state index contributed by atoms with van der Waals surface area (Å²) in [7, 11) is 1.85. The first kappa shape index (κ1) is 12.7. The Bertz CT molecular complexity index is 614. The lowest BCUT2D eigenvalue weighted by Crippen LogP contribution is -2.27. The Morgan fingerprint density at radius 1 is 1.22 bits per heavy atom. The summed E-state index contributed by atoms with van der Waals surface area (Å²) in [6, 6.07) is 8.06. The molecule has 1 aliphatic rings. The molecule has 3 nitrogen and oxygen atoms in total. The fraction of sp³-hybridized carbons (Fsp3) is 0.400. The second-order valence-electron chi connectivity index (χ2n) is 4.27.